The highest BCUT2D eigenvalue weighted by atomic mass is 35.5. The van der Waals surface area contributed by atoms with Gasteiger partial charge in [0.1, 0.15) is 5.75 Å². The van der Waals surface area contributed by atoms with Crippen LogP contribution < -0.4 is 10.1 Å². The smallest absolute Gasteiger partial charge is 0.224 e. The number of nitrogens with zero attached hydrogens (tertiary/aromatic N) is 1. The Kier molecular flexibility index (Phi) is 7.17. The van der Waals surface area contributed by atoms with Crippen molar-refractivity contribution in [2.24, 2.45) is 5.92 Å². The SMILES string of the molecule is COc1ccc(Cl)cc1NC(=O)CC[C@@H]1CCCN(C2CCOCC2)C1. The van der Waals surface area contributed by atoms with Gasteiger partial charge in [0.2, 0.25) is 5.91 Å². The molecule has 0 aliphatic carbocycles. The third-order valence-corrected chi connectivity index (χ3v) is 5.71. The number of methoxy groups -OCH3 is 1. The molecule has 5 nitrogen and oxygen atoms in total. The number of nitrogens with one attached hydrogen (secondary N) is 1. The number of amides is 1. The predicted molar refractivity (Wildman–Crippen MR) is 104 cm³/mol. The molecule has 1 N–H and O–H groups in total. The van der Waals surface area contributed by atoms with E-state index in [9.17, 15) is 4.79 Å². The molecule has 1 atom stereocenters. The summed E-state index contributed by atoms with van der Waals surface area (Å²) in [5, 5.41) is 3.52. The average molecular weight is 381 g/mol. The molecular weight excluding hydrogens is 352 g/mol. The summed E-state index contributed by atoms with van der Waals surface area (Å²) in [4.78, 5) is 15.0. The number of ether oxygens (including phenoxy) is 2. The quantitative estimate of drug-likeness (QED) is 0.811. The first-order valence-electron chi connectivity index (χ1n) is 9.61. The number of rotatable bonds is 6. The van der Waals surface area contributed by atoms with Gasteiger partial charge in [-0.1, -0.05) is 11.6 Å². The maximum Gasteiger partial charge on any atom is 0.224 e. The molecule has 0 unspecified atom stereocenters. The van der Waals surface area contributed by atoms with Crippen LogP contribution >= 0.6 is 11.6 Å². The summed E-state index contributed by atoms with van der Waals surface area (Å²) in [6, 6.07) is 5.91. The molecule has 1 aromatic rings. The van der Waals surface area contributed by atoms with Crippen LogP contribution in [-0.2, 0) is 9.53 Å². The summed E-state index contributed by atoms with van der Waals surface area (Å²) in [5.41, 5.74) is 0.637. The minimum atomic E-state index is 0.0220. The molecule has 0 aromatic heterocycles. The van der Waals surface area contributed by atoms with Crippen molar-refractivity contribution in [3.63, 3.8) is 0 Å². The van der Waals surface area contributed by atoms with Crippen molar-refractivity contribution in [2.75, 3.05) is 38.7 Å². The molecule has 6 heteroatoms. The highest BCUT2D eigenvalue weighted by molar-refractivity contribution is 6.31. The minimum absolute atomic E-state index is 0.0220. The van der Waals surface area contributed by atoms with E-state index >= 15 is 0 Å². The van der Waals surface area contributed by atoms with Crippen molar-refractivity contribution in [3.05, 3.63) is 23.2 Å². The Morgan fingerprint density at radius 2 is 2.15 bits per heavy atom. The first kappa shape index (κ1) is 19.5. The Morgan fingerprint density at radius 1 is 1.35 bits per heavy atom. The molecule has 2 aliphatic rings. The van der Waals surface area contributed by atoms with E-state index in [-0.39, 0.29) is 5.91 Å². The maximum atomic E-state index is 12.4. The summed E-state index contributed by atoms with van der Waals surface area (Å²) >= 11 is 6.02. The molecule has 3 rings (SSSR count). The van der Waals surface area contributed by atoms with Crippen LogP contribution in [0.15, 0.2) is 18.2 Å². The molecule has 0 bridgehead atoms. The number of benzene rings is 1. The van der Waals surface area contributed by atoms with Gasteiger partial charge in [0.25, 0.3) is 0 Å². The van der Waals surface area contributed by atoms with Crippen molar-refractivity contribution >= 4 is 23.2 Å². The summed E-state index contributed by atoms with van der Waals surface area (Å²) < 4.78 is 10.8. The number of hydrogen-bond donors (Lipinski definition) is 1. The fourth-order valence-corrected chi connectivity index (χ4v) is 4.21. The van der Waals surface area contributed by atoms with E-state index in [2.05, 4.69) is 10.2 Å². The molecule has 2 aliphatic heterocycles. The standard InChI is InChI=1S/C20H29ClN2O3/c1-25-19-6-5-16(21)13-18(19)22-20(24)7-4-15-3-2-10-23(14-15)17-8-11-26-12-9-17/h5-6,13,15,17H,2-4,7-12,14H2,1H3,(H,22,24)/t15-/m0/s1. The van der Waals surface area contributed by atoms with E-state index in [1.54, 1.807) is 25.3 Å². The number of likely N-dealkylation sites (tertiary alicyclic amines) is 1. The minimum Gasteiger partial charge on any atom is -0.495 e. The Labute approximate surface area is 161 Å². The molecule has 0 saturated carbocycles. The van der Waals surface area contributed by atoms with Crippen molar-refractivity contribution in [1.29, 1.82) is 0 Å². The molecule has 1 amide bonds. The van der Waals surface area contributed by atoms with Gasteiger partial charge in [0.05, 0.1) is 12.8 Å². The van der Waals surface area contributed by atoms with Crippen molar-refractivity contribution < 1.29 is 14.3 Å². The monoisotopic (exact) mass is 380 g/mol. The molecule has 0 radical (unpaired) electrons. The van der Waals surface area contributed by atoms with Gasteiger partial charge in [-0.05, 0) is 62.8 Å². The van der Waals surface area contributed by atoms with Gasteiger partial charge in [0.15, 0.2) is 0 Å². The van der Waals surface area contributed by atoms with Crippen molar-refractivity contribution in [2.45, 2.75) is 44.6 Å². The van der Waals surface area contributed by atoms with E-state index in [0.717, 1.165) is 39.0 Å². The molecular formula is C20H29ClN2O3. The number of carbonyl (C=O) groups excluding carboxylic acids is 1. The third-order valence-electron chi connectivity index (χ3n) is 5.47. The lowest BCUT2D eigenvalue weighted by atomic mass is 9.91. The average Bonchev–Trinajstić information content (AvgIpc) is 2.67. The zero-order valence-electron chi connectivity index (χ0n) is 15.5. The molecule has 1 aromatic carbocycles. The molecule has 2 heterocycles. The third kappa shape index (κ3) is 5.35. The van der Waals surface area contributed by atoms with E-state index in [1.165, 1.54) is 19.4 Å². The zero-order chi connectivity index (χ0) is 18.4. The first-order chi connectivity index (χ1) is 12.7. The van der Waals surface area contributed by atoms with Crippen molar-refractivity contribution in [3.8, 4) is 5.75 Å². The topological polar surface area (TPSA) is 50.8 Å². The highest BCUT2D eigenvalue weighted by Gasteiger charge is 2.27. The second kappa shape index (κ2) is 9.58. The second-order valence-corrected chi connectivity index (χ2v) is 7.71. The first-order valence-corrected chi connectivity index (χ1v) is 9.98. The Balaban J connectivity index is 1.47. The fourth-order valence-electron chi connectivity index (χ4n) is 4.04. The summed E-state index contributed by atoms with van der Waals surface area (Å²) in [6.07, 6.45) is 6.18. The maximum absolute atomic E-state index is 12.4. The number of anilines is 1. The van der Waals surface area contributed by atoms with E-state index in [0.29, 0.717) is 34.8 Å². The van der Waals surface area contributed by atoms with Gasteiger partial charge in [-0.25, -0.2) is 0 Å². The van der Waals surface area contributed by atoms with Gasteiger partial charge >= 0.3 is 0 Å². The van der Waals surface area contributed by atoms with Gasteiger partial charge < -0.3 is 14.8 Å². The van der Waals surface area contributed by atoms with Crippen LogP contribution in [-0.4, -0.2) is 50.3 Å². The Hall–Kier alpha value is -1.30. The van der Waals surface area contributed by atoms with Crippen LogP contribution in [0.4, 0.5) is 5.69 Å². The predicted octanol–water partition coefficient (Wildman–Crippen LogP) is 3.96. The molecule has 26 heavy (non-hydrogen) atoms. The molecule has 2 fully saturated rings. The van der Waals surface area contributed by atoms with Crippen molar-refractivity contribution in [1.82, 2.24) is 4.90 Å². The van der Waals surface area contributed by atoms with Crippen LogP contribution in [0.25, 0.3) is 0 Å². The molecule has 2 saturated heterocycles. The summed E-state index contributed by atoms with van der Waals surface area (Å²) in [5.74, 6) is 1.25. The summed E-state index contributed by atoms with van der Waals surface area (Å²) in [7, 11) is 1.59. The summed E-state index contributed by atoms with van der Waals surface area (Å²) in [6.45, 7) is 4.07. The number of carbonyl (C=O) groups is 1. The fraction of sp³-hybridized carbons (Fsp3) is 0.650. The largest absolute Gasteiger partial charge is 0.495 e. The lowest BCUT2D eigenvalue weighted by Crippen LogP contribution is -2.45. The normalized spacial score (nSPS) is 22.2. The lowest BCUT2D eigenvalue weighted by molar-refractivity contribution is -0.116. The number of piperidine rings is 1. The lowest BCUT2D eigenvalue weighted by Gasteiger charge is -2.40. The van der Waals surface area contributed by atoms with Crippen LogP contribution in [0.2, 0.25) is 5.02 Å². The van der Waals surface area contributed by atoms with E-state index in [4.69, 9.17) is 21.1 Å². The van der Waals surface area contributed by atoms with Crippen LogP contribution in [0.3, 0.4) is 0 Å². The van der Waals surface area contributed by atoms with Crippen LogP contribution in [0.1, 0.15) is 38.5 Å². The van der Waals surface area contributed by atoms with Gasteiger partial charge in [-0.2, -0.15) is 0 Å². The number of halogens is 1. The van der Waals surface area contributed by atoms with E-state index in [1.807, 2.05) is 0 Å². The van der Waals surface area contributed by atoms with E-state index < -0.39 is 0 Å². The van der Waals surface area contributed by atoms with Crippen LogP contribution in [0.5, 0.6) is 5.75 Å². The van der Waals surface area contributed by atoms with Gasteiger partial charge in [-0.15, -0.1) is 0 Å². The second-order valence-electron chi connectivity index (χ2n) is 7.28. The highest BCUT2D eigenvalue weighted by Crippen LogP contribution is 2.29. The Morgan fingerprint density at radius 3 is 2.92 bits per heavy atom. The Bertz CT molecular complexity index is 605. The molecule has 144 valence electrons. The molecule has 0 spiro atoms. The van der Waals surface area contributed by atoms with Gasteiger partial charge in [0, 0.05) is 37.2 Å². The zero-order valence-corrected chi connectivity index (χ0v) is 16.3. The van der Waals surface area contributed by atoms with Crippen LogP contribution in [0, 0.1) is 5.92 Å². The van der Waals surface area contributed by atoms with Gasteiger partial charge in [-0.3, -0.25) is 9.69 Å². The number of hydrogen-bond acceptors (Lipinski definition) is 4.